The van der Waals surface area contributed by atoms with Crippen LogP contribution >= 0.6 is 0 Å². The van der Waals surface area contributed by atoms with Gasteiger partial charge in [-0.05, 0) is 71.2 Å². The Hall–Kier alpha value is -2.80. The van der Waals surface area contributed by atoms with Crippen LogP contribution in [0.2, 0.25) is 0 Å². The quantitative estimate of drug-likeness (QED) is 0.345. The minimum Gasteiger partial charge on any atom is -0.376 e. The van der Waals surface area contributed by atoms with Gasteiger partial charge in [0.1, 0.15) is 0 Å². The van der Waals surface area contributed by atoms with E-state index in [0.29, 0.717) is 0 Å². The van der Waals surface area contributed by atoms with Crippen molar-refractivity contribution in [2.45, 2.75) is 52.0 Å². The van der Waals surface area contributed by atoms with E-state index in [4.69, 9.17) is 0 Å². The van der Waals surface area contributed by atoms with E-state index < -0.39 is 0 Å². The predicted octanol–water partition coefficient (Wildman–Crippen LogP) is 8.03. The molecule has 1 nitrogen and oxygen atoms in total. The summed E-state index contributed by atoms with van der Waals surface area (Å²) in [5.41, 5.74) is 3.92. The molecule has 0 aliphatic rings. The maximum atomic E-state index is 3.81. The van der Waals surface area contributed by atoms with Crippen LogP contribution in [-0.2, 0) is 11.0 Å². The maximum absolute atomic E-state index is 3.81. The lowest BCUT2D eigenvalue weighted by atomic mass is 9.81. The van der Waals surface area contributed by atoms with Crippen molar-refractivity contribution in [1.29, 1.82) is 0 Å². The zero-order valence-electron chi connectivity index (χ0n) is 18.2. The topological polar surface area (TPSA) is 12.0 Å². The van der Waals surface area contributed by atoms with Crippen molar-refractivity contribution in [3.05, 3.63) is 90.0 Å². The molecule has 0 aromatic heterocycles. The van der Waals surface area contributed by atoms with Gasteiger partial charge in [-0.15, -0.1) is 0 Å². The molecule has 0 fully saturated rings. The molecule has 0 radical (unpaired) electrons. The Kier molecular flexibility index (Phi) is 4.86. The highest BCUT2D eigenvalue weighted by Crippen LogP contribution is 2.34. The van der Waals surface area contributed by atoms with Crippen molar-refractivity contribution >= 4 is 27.2 Å². The van der Waals surface area contributed by atoms with Gasteiger partial charge < -0.3 is 5.32 Å². The molecule has 0 spiro atoms. The molecule has 0 heterocycles. The first kappa shape index (κ1) is 19.5. The first-order valence-corrected chi connectivity index (χ1v) is 10.6. The van der Waals surface area contributed by atoms with Gasteiger partial charge in [0.25, 0.3) is 0 Å². The third kappa shape index (κ3) is 3.74. The van der Waals surface area contributed by atoms with E-state index >= 15 is 0 Å². The first-order valence-electron chi connectivity index (χ1n) is 10.6. The number of hydrogen-bond acceptors (Lipinski definition) is 1. The molecule has 0 aliphatic carbocycles. The molecule has 4 rings (SSSR count). The number of nitrogens with one attached hydrogen (secondary N) is 1. The van der Waals surface area contributed by atoms with Gasteiger partial charge in [0.2, 0.25) is 0 Å². The van der Waals surface area contributed by atoms with Crippen molar-refractivity contribution in [3.8, 4) is 0 Å². The van der Waals surface area contributed by atoms with E-state index in [-0.39, 0.29) is 11.0 Å². The van der Waals surface area contributed by atoms with Crippen LogP contribution in [0, 0.1) is 0 Å². The minimum atomic E-state index is -0.172. The van der Waals surface area contributed by atoms with Crippen LogP contribution < -0.4 is 5.32 Å². The monoisotopic (exact) mass is 381 g/mol. The van der Waals surface area contributed by atoms with E-state index in [9.17, 15) is 0 Å². The van der Waals surface area contributed by atoms with Crippen molar-refractivity contribution in [2.24, 2.45) is 0 Å². The Labute approximate surface area is 174 Å². The molecular weight excluding hydrogens is 350 g/mol. The lowest BCUT2D eigenvalue weighted by Gasteiger charge is -2.30. The van der Waals surface area contributed by atoms with Crippen molar-refractivity contribution < 1.29 is 0 Å². The molecule has 4 aromatic rings. The van der Waals surface area contributed by atoms with Crippen LogP contribution in [-0.4, -0.2) is 0 Å². The molecular formula is C28H31N. The normalized spacial score (nSPS) is 12.4. The van der Waals surface area contributed by atoms with Crippen LogP contribution in [0.4, 0.5) is 5.69 Å². The van der Waals surface area contributed by atoms with E-state index in [1.54, 1.807) is 0 Å². The molecule has 0 atom stereocenters. The van der Waals surface area contributed by atoms with Gasteiger partial charge in [-0.1, -0.05) is 81.4 Å². The second-order valence-corrected chi connectivity index (χ2v) is 9.29. The Morgan fingerprint density at radius 3 is 1.90 bits per heavy atom. The van der Waals surface area contributed by atoms with E-state index in [1.165, 1.54) is 38.4 Å². The molecule has 0 bridgehead atoms. The molecule has 1 heteroatoms. The summed E-state index contributed by atoms with van der Waals surface area (Å²) in [6.45, 7) is 11.4. The van der Waals surface area contributed by atoms with Gasteiger partial charge in [0.05, 0.1) is 5.54 Å². The number of fused-ring (bicyclic) bond motifs is 2. The van der Waals surface area contributed by atoms with Crippen LogP contribution in [0.5, 0.6) is 0 Å². The third-order valence-corrected chi connectivity index (χ3v) is 6.47. The highest BCUT2D eigenvalue weighted by atomic mass is 15.0. The number of hydrogen-bond donors (Lipinski definition) is 1. The molecule has 0 saturated heterocycles. The Morgan fingerprint density at radius 1 is 0.655 bits per heavy atom. The number of anilines is 1. The van der Waals surface area contributed by atoms with Crippen LogP contribution in [0.1, 0.15) is 52.2 Å². The highest BCUT2D eigenvalue weighted by Gasteiger charge is 2.23. The summed E-state index contributed by atoms with van der Waals surface area (Å²) in [6, 6.07) is 28.8. The lowest BCUT2D eigenvalue weighted by molar-refractivity contribution is 0.505. The highest BCUT2D eigenvalue weighted by molar-refractivity contribution is 6.03. The van der Waals surface area contributed by atoms with Crippen LogP contribution in [0.25, 0.3) is 21.5 Å². The molecule has 1 N–H and O–H groups in total. The molecule has 0 aliphatic heterocycles. The summed E-state index contributed by atoms with van der Waals surface area (Å²) < 4.78 is 0. The van der Waals surface area contributed by atoms with Crippen molar-refractivity contribution in [3.63, 3.8) is 0 Å². The fourth-order valence-electron chi connectivity index (χ4n) is 4.03. The predicted molar refractivity (Wildman–Crippen MR) is 128 cm³/mol. The molecule has 0 amide bonds. The summed E-state index contributed by atoms with van der Waals surface area (Å²) in [4.78, 5) is 0. The van der Waals surface area contributed by atoms with E-state index in [1.807, 2.05) is 0 Å². The first-order chi connectivity index (χ1) is 13.8. The zero-order valence-corrected chi connectivity index (χ0v) is 18.2. The van der Waals surface area contributed by atoms with E-state index in [0.717, 1.165) is 6.42 Å². The lowest BCUT2D eigenvalue weighted by Crippen LogP contribution is -2.28. The second-order valence-electron chi connectivity index (χ2n) is 9.29. The summed E-state index contributed by atoms with van der Waals surface area (Å²) in [5, 5.41) is 8.91. The number of benzene rings is 4. The smallest absolute Gasteiger partial charge is 0.0569 e. The second kappa shape index (κ2) is 7.22. The van der Waals surface area contributed by atoms with Gasteiger partial charge >= 0.3 is 0 Å². The standard InChI is InChI=1S/C28H31N/c1-6-27(2,3)23-14-16-24(17-15-23)28(4,5)29-26-13-9-12-22-18-20-10-7-8-11-21(20)19-25(22)26/h7-19,29H,6H2,1-5H3. The molecule has 29 heavy (non-hydrogen) atoms. The summed E-state index contributed by atoms with van der Waals surface area (Å²) in [6.07, 6.45) is 1.14. The average molecular weight is 382 g/mol. The van der Waals surface area contributed by atoms with Crippen LogP contribution in [0.15, 0.2) is 78.9 Å². The number of rotatable bonds is 5. The summed E-state index contributed by atoms with van der Waals surface area (Å²) in [5.74, 6) is 0. The Balaban J connectivity index is 1.70. The molecule has 0 saturated carbocycles. The largest absolute Gasteiger partial charge is 0.376 e. The molecule has 4 aromatic carbocycles. The summed E-state index contributed by atoms with van der Waals surface area (Å²) in [7, 11) is 0. The maximum Gasteiger partial charge on any atom is 0.0569 e. The van der Waals surface area contributed by atoms with Crippen molar-refractivity contribution in [2.75, 3.05) is 5.32 Å². The SMILES string of the molecule is CCC(C)(C)c1ccc(C(C)(C)Nc2cccc3cc4ccccc4cc23)cc1. The van der Waals surface area contributed by atoms with Gasteiger partial charge in [-0.2, -0.15) is 0 Å². The Morgan fingerprint density at radius 2 is 1.24 bits per heavy atom. The average Bonchev–Trinajstić information content (AvgIpc) is 2.72. The fourth-order valence-corrected chi connectivity index (χ4v) is 4.03. The summed E-state index contributed by atoms with van der Waals surface area (Å²) >= 11 is 0. The zero-order chi connectivity index (χ0) is 20.6. The van der Waals surface area contributed by atoms with Gasteiger partial charge in [-0.25, -0.2) is 0 Å². The van der Waals surface area contributed by atoms with Crippen molar-refractivity contribution in [1.82, 2.24) is 0 Å². The minimum absolute atomic E-state index is 0.172. The fraction of sp³-hybridized carbons (Fsp3) is 0.286. The Bertz CT molecular complexity index is 1150. The van der Waals surface area contributed by atoms with Gasteiger partial charge in [0, 0.05) is 11.1 Å². The third-order valence-electron chi connectivity index (χ3n) is 6.47. The molecule has 0 unspecified atom stereocenters. The van der Waals surface area contributed by atoms with Crippen LogP contribution in [0.3, 0.4) is 0 Å². The van der Waals surface area contributed by atoms with E-state index in [2.05, 4.69) is 119 Å². The van der Waals surface area contributed by atoms with Gasteiger partial charge in [-0.3, -0.25) is 0 Å². The molecule has 148 valence electrons. The van der Waals surface area contributed by atoms with Gasteiger partial charge in [0.15, 0.2) is 0 Å².